The van der Waals surface area contributed by atoms with Crippen molar-refractivity contribution >= 4 is 17.4 Å². The fourth-order valence-corrected chi connectivity index (χ4v) is 2.80. The van der Waals surface area contributed by atoms with Crippen molar-refractivity contribution < 1.29 is 9.53 Å². The Bertz CT molecular complexity index is 693. The van der Waals surface area contributed by atoms with Gasteiger partial charge in [-0.25, -0.2) is 0 Å². The highest BCUT2D eigenvalue weighted by atomic mass is 35.5. The minimum Gasteiger partial charge on any atom is -0.482 e. The highest BCUT2D eigenvalue weighted by molar-refractivity contribution is 6.31. The summed E-state index contributed by atoms with van der Waals surface area (Å²) in [4.78, 5) is 12.4. The van der Waals surface area contributed by atoms with Crippen LogP contribution in [0.1, 0.15) is 34.8 Å². The van der Waals surface area contributed by atoms with Gasteiger partial charge >= 0.3 is 0 Å². The standard InChI is InChI=1S/C17H15ClO2/c1-11-4-3-5-12(8-11)17(2)10-15(19)14-9-13(18)6-7-16(14)20-17/h3-9H,10H2,1-2H3. The Labute approximate surface area is 123 Å². The first kappa shape index (κ1) is 13.2. The molecule has 0 aromatic heterocycles. The lowest BCUT2D eigenvalue weighted by Gasteiger charge is -2.35. The summed E-state index contributed by atoms with van der Waals surface area (Å²) < 4.78 is 6.11. The Morgan fingerprint density at radius 3 is 2.75 bits per heavy atom. The average molecular weight is 287 g/mol. The van der Waals surface area contributed by atoms with Crippen molar-refractivity contribution in [3.63, 3.8) is 0 Å². The molecule has 3 heteroatoms. The van der Waals surface area contributed by atoms with Crippen LogP contribution in [0, 0.1) is 6.92 Å². The van der Waals surface area contributed by atoms with Crippen molar-refractivity contribution in [2.75, 3.05) is 0 Å². The number of benzene rings is 2. The first-order valence-electron chi connectivity index (χ1n) is 6.57. The van der Waals surface area contributed by atoms with Gasteiger partial charge < -0.3 is 4.74 Å². The van der Waals surface area contributed by atoms with Crippen LogP contribution in [0.2, 0.25) is 5.02 Å². The minimum absolute atomic E-state index is 0.0674. The number of fused-ring (bicyclic) bond motifs is 1. The zero-order valence-corrected chi connectivity index (χ0v) is 12.2. The van der Waals surface area contributed by atoms with Gasteiger partial charge in [0.25, 0.3) is 0 Å². The van der Waals surface area contributed by atoms with Crippen molar-refractivity contribution in [3.05, 3.63) is 64.2 Å². The van der Waals surface area contributed by atoms with E-state index in [-0.39, 0.29) is 5.78 Å². The molecule has 1 aliphatic rings. The van der Waals surface area contributed by atoms with Crippen LogP contribution in [-0.4, -0.2) is 5.78 Å². The van der Waals surface area contributed by atoms with Crippen molar-refractivity contribution in [2.24, 2.45) is 0 Å². The van der Waals surface area contributed by atoms with Gasteiger partial charge in [0.1, 0.15) is 11.4 Å². The van der Waals surface area contributed by atoms with Crippen molar-refractivity contribution in [1.29, 1.82) is 0 Å². The van der Waals surface area contributed by atoms with E-state index >= 15 is 0 Å². The number of rotatable bonds is 1. The van der Waals surface area contributed by atoms with Gasteiger partial charge in [0.05, 0.1) is 12.0 Å². The molecular formula is C17H15ClO2. The topological polar surface area (TPSA) is 26.3 Å². The molecule has 0 amide bonds. The third-order valence-corrected chi connectivity index (χ3v) is 3.94. The van der Waals surface area contributed by atoms with Gasteiger partial charge in [-0.2, -0.15) is 0 Å². The molecule has 2 aromatic rings. The smallest absolute Gasteiger partial charge is 0.170 e. The number of hydrogen-bond acceptors (Lipinski definition) is 2. The predicted molar refractivity (Wildman–Crippen MR) is 79.6 cm³/mol. The van der Waals surface area contributed by atoms with Gasteiger partial charge in [-0.1, -0.05) is 41.4 Å². The molecule has 2 nitrogen and oxygen atoms in total. The van der Waals surface area contributed by atoms with E-state index in [1.165, 1.54) is 0 Å². The fourth-order valence-electron chi connectivity index (χ4n) is 2.62. The molecule has 2 aromatic carbocycles. The van der Waals surface area contributed by atoms with E-state index in [1.54, 1.807) is 18.2 Å². The summed E-state index contributed by atoms with van der Waals surface area (Å²) in [5.74, 6) is 0.674. The maximum absolute atomic E-state index is 12.4. The Morgan fingerprint density at radius 1 is 1.20 bits per heavy atom. The Morgan fingerprint density at radius 2 is 2.00 bits per heavy atom. The van der Waals surface area contributed by atoms with Gasteiger partial charge in [0.15, 0.2) is 5.78 Å². The molecule has 0 bridgehead atoms. The molecule has 20 heavy (non-hydrogen) atoms. The molecule has 0 saturated heterocycles. The van der Waals surface area contributed by atoms with E-state index in [1.807, 2.05) is 32.0 Å². The molecule has 102 valence electrons. The zero-order valence-electron chi connectivity index (χ0n) is 11.4. The molecule has 0 aliphatic carbocycles. The summed E-state index contributed by atoms with van der Waals surface area (Å²) >= 11 is 5.94. The van der Waals surface area contributed by atoms with Gasteiger partial charge in [0, 0.05) is 5.02 Å². The largest absolute Gasteiger partial charge is 0.482 e. The number of halogens is 1. The molecule has 1 unspecified atom stereocenters. The molecule has 1 atom stereocenters. The van der Waals surface area contributed by atoms with Crippen molar-refractivity contribution in [2.45, 2.75) is 25.9 Å². The maximum atomic E-state index is 12.4. The van der Waals surface area contributed by atoms with E-state index in [0.29, 0.717) is 22.8 Å². The Balaban J connectivity index is 2.06. The van der Waals surface area contributed by atoms with Crippen LogP contribution in [0.3, 0.4) is 0 Å². The highest BCUT2D eigenvalue weighted by Gasteiger charge is 2.38. The lowest BCUT2D eigenvalue weighted by Crippen LogP contribution is -2.36. The van der Waals surface area contributed by atoms with E-state index < -0.39 is 5.60 Å². The van der Waals surface area contributed by atoms with Crippen molar-refractivity contribution in [3.8, 4) is 5.75 Å². The van der Waals surface area contributed by atoms with Crippen LogP contribution >= 0.6 is 11.6 Å². The second-order valence-corrected chi connectivity index (χ2v) is 5.88. The molecule has 0 saturated carbocycles. The number of carbonyl (C=O) groups excluding carboxylic acids is 1. The number of hydrogen-bond donors (Lipinski definition) is 0. The quantitative estimate of drug-likeness (QED) is 0.770. The molecule has 1 heterocycles. The SMILES string of the molecule is Cc1cccc(C2(C)CC(=O)c3cc(Cl)ccc3O2)c1. The number of ketones is 1. The number of Topliss-reactive ketones (excluding diaryl/α,β-unsaturated/α-hetero) is 1. The Hall–Kier alpha value is -1.80. The van der Waals surface area contributed by atoms with E-state index in [0.717, 1.165) is 11.1 Å². The summed E-state index contributed by atoms with van der Waals surface area (Å²) in [6, 6.07) is 13.3. The van der Waals surface area contributed by atoms with Crippen LogP contribution in [0.5, 0.6) is 5.75 Å². The second kappa shape index (κ2) is 4.64. The number of aryl methyl sites for hydroxylation is 1. The number of carbonyl (C=O) groups is 1. The van der Waals surface area contributed by atoms with Crippen LogP contribution < -0.4 is 4.74 Å². The molecule has 0 N–H and O–H groups in total. The fraction of sp³-hybridized carbons (Fsp3) is 0.235. The molecule has 0 spiro atoms. The van der Waals surface area contributed by atoms with Crippen LogP contribution in [0.25, 0.3) is 0 Å². The van der Waals surface area contributed by atoms with E-state index in [9.17, 15) is 4.79 Å². The number of ether oxygens (including phenoxy) is 1. The van der Waals surface area contributed by atoms with Crippen LogP contribution in [-0.2, 0) is 5.60 Å². The summed E-state index contributed by atoms with van der Waals surface area (Å²) in [5, 5.41) is 0.555. The second-order valence-electron chi connectivity index (χ2n) is 5.44. The summed E-state index contributed by atoms with van der Waals surface area (Å²) in [6.07, 6.45) is 0.323. The van der Waals surface area contributed by atoms with Gasteiger partial charge in [-0.15, -0.1) is 0 Å². The predicted octanol–water partition coefficient (Wildman–Crippen LogP) is 4.53. The molecule has 3 rings (SSSR count). The minimum atomic E-state index is -0.621. The lowest BCUT2D eigenvalue weighted by atomic mass is 9.85. The zero-order chi connectivity index (χ0) is 14.3. The summed E-state index contributed by atoms with van der Waals surface area (Å²) in [6.45, 7) is 3.99. The Kier molecular flexibility index (Phi) is 3.06. The maximum Gasteiger partial charge on any atom is 0.170 e. The van der Waals surface area contributed by atoms with E-state index in [2.05, 4.69) is 6.07 Å². The lowest BCUT2D eigenvalue weighted by molar-refractivity contribution is 0.0503. The third-order valence-electron chi connectivity index (χ3n) is 3.70. The summed E-state index contributed by atoms with van der Waals surface area (Å²) in [5.41, 5.74) is 2.12. The van der Waals surface area contributed by atoms with Crippen molar-refractivity contribution in [1.82, 2.24) is 0 Å². The molecular weight excluding hydrogens is 272 g/mol. The monoisotopic (exact) mass is 286 g/mol. The first-order valence-corrected chi connectivity index (χ1v) is 6.95. The highest BCUT2D eigenvalue weighted by Crippen LogP contribution is 2.40. The average Bonchev–Trinajstić information content (AvgIpc) is 2.40. The van der Waals surface area contributed by atoms with Gasteiger partial charge in [-0.05, 0) is 37.6 Å². The van der Waals surface area contributed by atoms with Gasteiger partial charge in [0.2, 0.25) is 0 Å². The molecule has 0 radical (unpaired) electrons. The summed E-state index contributed by atoms with van der Waals surface area (Å²) in [7, 11) is 0. The van der Waals surface area contributed by atoms with Gasteiger partial charge in [-0.3, -0.25) is 4.79 Å². The van der Waals surface area contributed by atoms with Crippen LogP contribution in [0.15, 0.2) is 42.5 Å². The first-order chi connectivity index (χ1) is 9.48. The normalized spacial score (nSPS) is 21.2. The molecule has 0 fully saturated rings. The van der Waals surface area contributed by atoms with Crippen LogP contribution in [0.4, 0.5) is 0 Å². The van der Waals surface area contributed by atoms with E-state index in [4.69, 9.17) is 16.3 Å². The third kappa shape index (κ3) is 2.20. The molecule has 1 aliphatic heterocycles.